The quantitative estimate of drug-likeness (QED) is 0.636. The summed E-state index contributed by atoms with van der Waals surface area (Å²) in [5.41, 5.74) is -0.527. The molecule has 0 aliphatic carbocycles. The van der Waals surface area contributed by atoms with E-state index in [1.165, 1.54) is 12.1 Å². The molecule has 1 atom stereocenters. The molecule has 2 N–H and O–H groups in total. The number of nitriles is 1. The Bertz CT molecular complexity index is 631. The molecule has 0 fully saturated rings. The van der Waals surface area contributed by atoms with Crippen molar-refractivity contribution in [3.8, 4) is 6.07 Å². The van der Waals surface area contributed by atoms with Crippen LogP contribution in [0.15, 0.2) is 24.5 Å². The number of pyridine rings is 1. The van der Waals surface area contributed by atoms with Gasteiger partial charge in [-0.05, 0) is 13.0 Å². The van der Waals surface area contributed by atoms with Gasteiger partial charge in [-0.15, -0.1) is 0 Å². The molecule has 0 aliphatic rings. The second kappa shape index (κ2) is 5.14. The number of hydrogen-bond acceptors (Lipinski definition) is 6. The van der Waals surface area contributed by atoms with Crippen LogP contribution < -0.4 is 5.32 Å². The Morgan fingerprint density at radius 2 is 2.37 bits per heavy atom. The van der Waals surface area contributed by atoms with Crippen LogP contribution in [0.5, 0.6) is 0 Å². The van der Waals surface area contributed by atoms with E-state index in [1.807, 2.05) is 6.92 Å². The Morgan fingerprint density at radius 1 is 1.58 bits per heavy atom. The first kappa shape index (κ1) is 12.5. The number of nitrogens with zero attached hydrogens (tertiary/aromatic N) is 4. The Morgan fingerprint density at radius 3 is 2.95 bits per heavy atom. The predicted molar refractivity (Wildman–Crippen MR) is 66.2 cm³/mol. The van der Waals surface area contributed by atoms with E-state index in [0.717, 1.165) is 0 Å². The van der Waals surface area contributed by atoms with Gasteiger partial charge in [-0.25, -0.2) is 9.97 Å². The van der Waals surface area contributed by atoms with Gasteiger partial charge >= 0.3 is 5.69 Å². The van der Waals surface area contributed by atoms with E-state index in [2.05, 4.69) is 20.3 Å². The summed E-state index contributed by atoms with van der Waals surface area (Å²) in [6, 6.07) is 4.26. The monoisotopic (exact) mass is 258 g/mol. The van der Waals surface area contributed by atoms with E-state index in [9.17, 15) is 10.1 Å². The lowest BCUT2D eigenvalue weighted by Crippen LogP contribution is -2.10. The first-order chi connectivity index (χ1) is 9.11. The number of rotatable bonds is 4. The summed E-state index contributed by atoms with van der Waals surface area (Å²) in [5, 5.41) is 22.5. The highest BCUT2D eigenvalue weighted by molar-refractivity contribution is 5.50. The van der Waals surface area contributed by atoms with Gasteiger partial charge < -0.3 is 10.3 Å². The first-order valence-electron chi connectivity index (χ1n) is 5.43. The number of H-pyrrole nitrogens is 1. The normalized spacial score (nSPS) is 11.6. The number of aromatic nitrogens is 3. The minimum absolute atomic E-state index is 0.157. The number of nitro groups is 1. The highest BCUT2D eigenvalue weighted by Gasteiger charge is 2.16. The Labute approximate surface area is 108 Å². The van der Waals surface area contributed by atoms with Crippen LogP contribution in [-0.2, 0) is 0 Å². The fourth-order valence-corrected chi connectivity index (χ4v) is 1.57. The molecule has 2 aromatic heterocycles. The minimum Gasteiger partial charge on any atom is -0.360 e. The predicted octanol–water partition coefficient (Wildman–Crippen LogP) is 1.76. The third-order valence-electron chi connectivity index (χ3n) is 2.47. The summed E-state index contributed by atoms with van der Waals surface area (Å²) < 4.78 is 0. The van der Waals surface area contributed by atoms with Crippen LogP contribution in [0.4, 0.5) is 11.5 Å². The smallest absolute Gasteiger partial charge is 0.305 e. The average Bonchev–Trinajstić information content (AvgIpc) is 2.92. The zero-order valence-corrected chi connectivity index (χ0v) is 9.99. The molecule has 2 rings (SSSR count). The maximum Gasteiger partial charge on any atom is 0.305 e. The van der Waals surface area contributed by atoms with Crippen molar-refractivity contribution in [2.24, 2.45) is 0 Å². The van der Waals surface area contributed by atoms with Crippen molar-refractivity contribution in [2.45, 2.75) is 13.0 Å². The van der Waals surface area contributed by atoms with Crippen LogP contribution >= 0.6 is 0 Å². The Kier molecular flexibility index (Phi) is 3.38. The molecule has 8 nitrogen and oxygen atoms in total. The minimum atomic E-state index is -0.634. The molecule has 8 heteroatoms. The molecule has 19 heavy (non-hydrogen) atoms. The van der Waals surface area contributed by atoms with Gasteiger partial charge in [0.2, 0.25) is 5.69 Å². The summed E-state index contributed by atoms with van der Waals surface area (Å²) in [6.45, 7) is 1.86. The Hall–Kier alpha value is -2.95. The average molecular weight is 258 g/mol. The lowest BCUT2D eigenvalue weighted by atomic mass is 10.3. The van der Waals surface area contributed by atoms with Gasteiger partial charge in [0.15, 0.2) is 0 Å². The molecule has 0 amide bonds. The zero-order valence-electron chi connectivity index (χ0n) is 9.99. The molecule has 0 spiro atoms. The van der Waals surface area contributed by atoms with Crippen molar-refractivity contribution in [3.63, 3.8) is 0 Å². The van der Waals surface area contributed by atoms with Crippen LogP contribution in [0.25, 0.3) is 0 Å². The molecule has 96 valence electrons. The van der Waals surface area contributed by atoms with Gasteiger partial charge in [-0.2, -0.15) is 5.26 Å². The molecule has 0 aromatic carbocycles. The van der Waals surface area contributed by atoms with E-state index in [4.69, 9.17) is 5.26 Å². The van der Waals surface area contributed by atoms with Crippen LogP contribution in [0, 0.1) is 21.4 Å². The van der Waals surface area contributed by atoms with Crippen molar-refractivity contribution in [2.75, 3.05) is 5.32 Å². The topological polar surface area (TPSA) is 121 Å². The maximum atomic E-state index is 10.7. The number of anilines is 1. The SMILES string of the molecule is CC(Nc1ccc([N+](=O)[O-])c(C#N)n1)c1ncc[nH]1. The number of imidazole rings is 1. The van der Waals surface area contributed by atoms with E-state index in [0.29, 0.717) is 11.6 Å². The molecular weight excluding hydrogens is 248 g/mol. The van der Waals surface area contributed by atoms with Gasteiger partial charge in [0.1, 0.15) is 17.7 Å². The maximum absolute atomic E-state index is 10.7. The fraction of sp³-hybridized carbons (Fsp3) is 0.182. The molecule has 0 radical (unpaired) electrons. The largest absolute Gasteiger partial charge is 0.360 e. The highest BCUT2D eigenvalue weighted by Crippen LogP contribution is 2.20. The standard InChI is InChI=1S/C11H10N6O2/c1-7(11-13-4-5-14-11)15-10-3-2-9(17(18)19)8(6-12)16-10/h2-5,7H,1H3,(H,13,14)(H,15,16). The first-order valence-corrected chi connectivity index (χ1v) is 5.43. The van der Waals surface area contributed by atoms with Gasteiger partial charge in [-0.3, -0.25) is 10.1 Å². The van der Waals surface area contributed by atoms with Crippen LogP contribution in [0.3, 0.4) is 0 Å². The third kappa shape index (κ3) is 2.66. The zero-order chi connectivity index (χ0) is 13.8. The number of hydrogen-bond donors (Lipinski definition) is 2. The van der Waals surface area contributed by atoms with Crippen LogP contribution in [0.2, 0.25) is 0 Å². The second-order valence-corrected chi connectivity index (χ2v) is 3.77. The summed E-state index contributed by atoms with van der Waals surface area (Å²) in [6.07, 6.45) is 3.31. The van der Waals surface area contributed by atoms with E-state index < -0.39 is 4.92 Å². The van der Waals surface area contributed by atoms with Gasteiger partial charge in [0.25, 0.3) is 0 Å². The molecule has 2 aromatic rings. The number of aromatic amines is 1. The van der Waals surface area contributed by atoms with E-state index in [-0.39, 0.29) is 17.4 Å². The molecular formula is C11H10N6O2. The van der Waals surface area contributed by atoms with Crippen LogP contribution in [-0.4, -0.2) is 19.9 Å². The molecule has 0 bridgehead atoms. The van der Waals surface area contributed by atoms with Crippen molar-refractivity contribution >= 4 is 11.5 Å². The molecule has 1 unspecified atom stereocenters. The van der Waals surface area contributed by atoms with Crippen molar-refractivity contribution < 1.29 is 4.92 Å². The van der Waals surface area contributed by atoms with Gasteiger partial charge in [-0.1, -0.05) is 0 Å². The molecule has 0 saturated heterocycles. The van der Waals surface area contributed by atoms with E-state index >= 15 is 0 Å². The van der Waals surface area contributed by atoms with Crippen molar-refractivity contribution in [3.05, 3.63) is 46.2 Å². The molecule has 0 saturated carbocycles. The Balaban J connectivity index is 2.23. The van der Waals surface area contributed by atoms with Crippen molar-refractivity contribution in [1.82, 2.24) is 15.0 Å². The number of nitrogens with one attached hydrogen (secondary N) is 2. The fourth-order valence-electron chi connectivity index (χ4n) is 1.57. The van der Waals surface area contributed by atoms with Crippen molar-refractivity contribution in [1.29, 1.82) is 5.26 Å². The lowest BCUT2D eigenvalue weighted by molar-refractivity contribution is -0.385. The summed E-state index contributed by atoms with van der Waals surface area (Å²) in [5.74, 6) is 1.09. The van der Waals surface area contributed by atoms with Crippen LogP contribution in [0.1, 0.15) is 24.5 Å². The van der Waals surface area contributed by atoms with Gasteiger partial charge in [0.05, 0.1) is 11.0 Å². The summed E-state index contributed by atoms with van der Waals surface area (Å²) in [7, 11) is 0. The summed E-state index contributed by atoms with van der Waals surface area (Å²) >= 11 is 0. The summed E-state index contributed by atoms with van der Waals surface area (Å²) in [4.78, 5) is 21.0. The second-order valence-electron chi connectivity index (χ2n) is 3.77. The lowest BCUT2D eigenvalue weighted by Gasteiger charge is -2.11. The molecule has 0 aliphatic heterocycles. The third-order valence-corrected chi connectivity index (χ3v) is 2.47. The highest BCUT2D eigenvalue weighted by atomic mass is 16.6. The van der Waals surface area contributed by atoms with Gasteiger partial charge in [0, 0.05) is 18.5 Å². The van der Waals surface area contributed by atoms with E-state index in [1.54, 1.807) is 18.5 Å². The molecule has 2 heterocycles.